The van der Waals surface area contributed by atoms with Crippen molar-refractivity contribution in [2.45, 2.75) is 63.6 Å². The van der Waals surface area contributed by atoms with Crippen LogP contribution in [0, 0.1) is 5.92 Å². The number of likely N-dealkylation sites (N-methyl/N-ethyl adjacent to an activating group) is 1. The zero-order valence-electron chi connectivity index (χ0n) is 20.4. The second kappa shape index (κ2) is 13.5. The quantitative estimate of drug-likeness (QED) is 0.211. The van der Waals surface area contributed by atoms with Crippen LogP contribution < -0.4 is 11.1 Å². The van der Waals surface area contributed by atoms with E-state index in [1.165, 1.54) is 7.05 Å². The van der Waals surface area contributed by atoms with Gasteiger partial charge in [-0.1, -0.05) is 26.0 Å². The molecule has 1 heterocycles. The molecule has 1 aliphatic heterocycles. The van der Waals surface area contributed by atoms with Gasteiger partial charge in [0.2, 0.25) is 11.8 Å². The Labute approximate surface area is 208 Å². The van der Waals surface area contributed by atoms with Crippen molar-refractivity contribution in [3.8, 4) is 0 Å². The van der Waals surface area contributed by atoms with E-state index in [2.05, 4.69) is 5.32 Å². The number of hydrogen-bond donors (Lipinski definition) is 6. The van der Waals surface area contributed by atoms with Crippen molar-refractivity contribution in [3.05, 3.63) is 29.8 Å². The van der Waals surface area contributed by atoms with Gasteiger partial charge in [-0.15, -0.1) is 0 Å². The van der Waals surface area contributed by atoms with E-state index in [9.17, 15) is 34.8 Å². The first-order valence-electron chi connectivity index (χ1n) is 11.5. The summed E-state index contributed by atoms with van der Waals surface area (Å²) in [7, 11) is 1.44. The normalized spacial score (nSPS) is 24.7. The number of benzene rings is 1. The lowest BCUT2D eigenvalue weighted by molar-refractivity contribution is -0.300. The number of nitrogens with two attached hydrogens (primary N) is 1. The maximum atomic E-state index is 12.2. The van der Waals surface area contributed by atoms with E-state index in [-0.39, 0.29) is 25.6 Å². The average molecular weight is 514 g/mol. The van der Waals surface area contributed by atoms with Gasteiger partial charge in [-0.2, -0.15) is 0 Å². The SMILES string of the molecule is CC(C)C(C(N)=O)N(C)C(=O)OCc1ccc(NC(=O)CCO[C@@H]2O[C@H](CO)C(O)[C@H](O)C2O)cc1. The molecule has 0 aromatic heterocycles. The molecule has 3 amide bonds. The van der Waals surface area contributed by atoms with E-state index in [1.54, 1.807) is 38.1 Å². The van der Waals surface area contributed by atoms with Crippen LogP contribution in [0.3, 0.4) is 0 Å². The van der Waals surface area contributed by atoms with E-state index in [1.807, 2.05) is 0 Å². The predicted octanol–water partition coefficient (Wildman–Crippen LogP) is -1.09. The zero-order valence-corrected chi connectivity index (χ0v) is 20.4. The number of ether oxygens (including phenoxy) is 3. The molecule has 3 unspecified atom stereocenters. The van der Waals surface area contributed by atoms with Crippen molar-refractivity contribution in [3.63, 3.8) is 0 Å². The maximum Gasteiger partial charge on any atom is 0.410 e. The molecule has 13 heteroatoms. The maximum absolute atomic E-state index is 12.2. The van der Waals surface area contributed by atoms with Crippen molar-refractivity contribution in [2.75, 3.05) is 25.6 Å². The average Bonchev–Trinajstić information content (AvgIpc) is 2.82. The first-order valence-corrected chi connectivity index (χ1v) is 11.5. The van der Waals surface area contributed by atoms with Gasteiger partial charge >= 0.3 is 6.09 Å². The van der Waals surface area contributed by atoms with E-state index in [4.69, 9.17) is 19.9 Å². The summed E-state index contributed by atoms with van der Waals surface area (Å²) in [4.78, 5) is 37.2. The van der Waals surface area contributed by atoms with Crippen molar-refractivity contribution in [2.24, 2.45) is 11.7 Å². The number of nitrogens with one attached hydrogen (secondary N) is 1. The topological polar surface area (TPSA) is 201 Å². The number of amides is 3. The molecule has 1 aliphatic rings. The fourth-order valence-electron chi connectivity index (χ4n) is 3.71. The fourth-order valence-corrected chi connectivity index (χ4v) is 3.71. The van der Waals surface area contributed by atoms with Crippen LogP contribution in [-0.2, 0) is 30.4 Å². The van der Waals surface area contributed by atoms with Crippen LogP contribution in [0.25, 0.3) is 0 Å². The molecule has 0 aliphatic carbocycles. The Morgan fingerprint density at radius 1 is 1.11 bits per heavy atom. The molecular weight excluding hydrogens is 478 g/mol. The highest BCUT2D eigenvalue weighted by Gasteiger charge is 2.44. The number of carbonyl (C=O) groups is 3. The van der Waals surface area contributed by atoms with Gasteiger partial charge < -0.3 is 45.7 Å². The Hall–Kier alpha value is -2.81. The van der Waals surface area contributed by atoms with Gasteiger partial charge in [0.25, 0.3) is 0 Å². The molecule has 36 heavy (non-hydrogen) atoms. The summed E-state index contributed by atoms with van der Waals surface area (Å²) in [5.74, 6) is -1.19. The summed E-state index contributed by atoms with van der Waals surface area (Å²) >= 11 is 0. The van der Waals surface area contributed by atoms with E-state index >= 15 is 0 Å². The third-order valence-corrected chi connectivity index (χ3v) is 5.69. The standard InChI is InChI=1S/C23H35N3O10/c1-12(2)17(21(24)32)26(3)23(33)35-11-13-4-6-14(7-5-13)25-16(28)8-9-34-22-20(31)19(30)18(29)15(10-27)36-22/h4-7,12,15,17-20,22,27,29-31H,8-11H2,1-3H3,(H2,24,32)(H,25,28)/t15-,17?,18?,19+,20?,22-/m1/s1. The van der Waals surface area contributed by atoms with Gasteiger partial charge in [-0.05, 0) is 23.6 Å². The molecule has 0 saturated carbocycles. The van der Waals surface area contributed by atoms with Crippen LogP contribution in [0.4, 0.5) is 10.5 Å². The van der Waals surface area contributed by atoms with Crippen LogP contribution in [0.15, 0.2) is 24.3 Å². The van der Waals surface area contributed by atoms with Crippen molar-refractivity contribution in [1.29, 1.82) is 0 Å². The molecule has 0 radical (unpaired) electrons. The van der Waals surface area contributed by atoms with Crippen LogP contribution in [0.1, 0.15) is 25.8 Å². The smallest absolute Gasteiger partial charge is 0.410 e. The van der Waals surface area contributed by atoms with E-state index in [0.29, 0.717) is 11.3 Å². The molecule has 1 saturated heterocycles. The number of primary amides is 1. The third kappa shape index (κ3) is 7.85. The molecule has 1 aromatic rings. The second-order valence-electron chi connectivity index (χ2n) is 8.82. The highest BCUT2D eigenvalue weighted by molar-refractivity contribution is 5.90. The molecular formula is C23H35N3O10. The third-order valence-electron chi connectivity index (χ3n) is 5.69. The second-order valence-corrected chi connectivity index (χ2v) is 8.82. The molecule has 1 aromatic carbocycles. The lowest BCUT2D eigenvalue weighted by Crippen LogP contribution is -2.59. The van der Waals surface area contributed by atoms with Gasteiger partial charge in [-0.3, -0.25) is 14.5 Å². The Kier molecular flexibility index (Phi) is 11.0. The fraction of sp³-hybridized carbons (Fsp3) is 0.609. The highest BCUT2D eigenvalue weighted by atomic mass is 16.7. The number of nitrogens with zero attached hydrogens (tertiary/aromatic N) is 1. The van der Waals surface area contributed by atoms with Crippen LogP contribution in [0.5, 0.6) is 0 Å². The number of rotatable bonds is 11. The van der Waals surface area contributed by atoms with Crippen molar-refractivity contribution in [1.82, 2.24) is 4.90 Å². The number of anilines is 1. The Balaban J connectivity index is 1.78. The van der Waals surface area contributed by atoms with Crippen LogP contribution in [0.2, 0.25) is 0 Å². The number of aliphatic hydroxyl groups is 4. The monoisotopic (exact) mass is 513 g/mol. The lowest BCUT2D eigenvalue weighted by atomic mass is 9.99. The molecule has 13 nitrogen and oxygen atoms in total. The lowest BCUT2D eigenvalue weighted by Gasteiger charge is -2.39. The minimum atomic E-state index is -1.56. The summed E-state index contributed by atoms with van der Waals surface area (Å²) in [6.45, 7) is 2.76. The Morgan fingerprint density at radius 2 is 1.75 bits per heavy atom. The van der Waals surface area contributed by atoms with Crippen LogP contribution in [-0.4, -0.2) is 100 Å². The summed E-state index contributed by atoms with van der Waals surface area (Å²) in [5, 5.41) is 41.3. The Morgan fingerprint density at radius 3 is 2.31 bits per heavy atom. The molecule has 2 rings (SSSR count). The largest absolute Gasteiger partial charge is 0.445 e. The summed E-state index contributed by atoms with van der Waals surface area (Å²) in [6.07, 6.45) is -7.80. The zero-order chi connectivity index (χ0) is 27.0. The van der Waals surface area contributed by atoms with Gasteiger partial charge in [0.1, 0.15) is 37.1 Å². The van der Waals surface area contributed by atoms with Gasteiger partial charge in [0.05, 0.1) is 19.6 Å². The van der Waals surface area contributed by atoms with E-state index < -0.39 is 61.3 Å². The Bertz CT molecular complexity index is 879. The molecule has 0 bridgehead atoms. The minimum absolute atomic E-state index is 0.0477. The first-order chi connectivity index (χ1) is 17.0. The summed E-state index contributed by atoms with van der Waals surface area (Å²) in [6, 6.07) is 5.75. The van der Waals surface area contributed by atoms with Crippen LogP contribution >= 0.6 is 0 Å². The number of hydrogen-bond acceptors (Lipinski definition) is 10. The molecule has 6 atom stereocenters. The molecule has 202 valence electrons. The highest BCUT2D eigenvalue weighted by Crippen LogP contribution is 2.22. The van der Waals surface area contributed by atoms with E-state index in [0.717, 1.165) is 4.90 Å². The minimum Gasteiger partial charge on any atom is -0.445 e. The number of carbonyl (C=O) groups excluding carboxylic acids is 3. The summed E-state index contributed by atoms with van der Waals surface area (Å²) < 4.78 is 15.7. The van der Waals surface area contributed by atoms with Crippen molar-refractivity contribution >= 4 is 23.6 Å². The van der Waals surface area contributed by atoms with Crippen molar-refractivity contribution < 1.29 is 49.0 Å². The molecule has 7 N–H and O–H groups in total. The molecule has 0 spiro atoms. The first kappa shape index (κ1) is 29.4. The van der Waals surface area contributed by atoms with Gasteiger partial charge in [-0.25, -0.2) is 4.79 Å². The van der Waals surface area contributed by atoms with Gasteiger partial charge in [0.15, 0.2) is 6.29 Å². The predicted molar refractivity (Wildman–Crippen MR) is 125 cm³/mol. The number of aliphatic hydroxyl groups excluding tert-OH is 4. The molecule has 1 fully saturated rings. The van der Waals surface area contributed by atoms with Gasteiger partial charge in [0, 0.05) is 12.7 Å². The summed E-state index contributed by atoms with van der Waals surface area (Å²) in [5.41, 5.74) is 6.49.